The highest BCUT2D eigenvalue weighted by atomic mass is 32.1. The van der Waals surface area contributed by atoms with Crippen molar-refractivity contribution in [3.63, 3.8) is 0 Å². The van der Waals surface area contributed by atoms with E-state index in [4.69, 9.17) is 4.74 Å². The van der Waals surface area contributed by atoms with E-state index < -0.39 is 24.5 Å². The lowest BCUT2D eigenvalue weighted by Gasteiger charge is -2.18. The third-order valence-electron chi connectivity index (χ3n) is 3.75. The lowest BCUT2D eigenvalue weighted by Crippen LogP contribution is -2.32. The Hall–Kier alpha value is -2.65. The molecule has 0 unspecified atom stereocenters. The Bertz CT molecular complexity index is 910. The standard InChI is InChI=1S/C18H16FN3O3S2/c1-2-13-17(27-22-21-13)18(24)25-10-15(23)20-16(14-4-3-9-26-14)11-5-7-12(19)8-6-11/h3-9,16H,2,10H2,1H3,(H,20,23)/t16-/m1/s1. The number of esters is 1. The summed E-state index contributed by atoms with van der Waals surface area (Å²) in [7, 11) is 0. The Morgan fingerprint density at radius 3 is 2.70 bits per heavy atom. The van der Waals surface area contributed by atoms with Gasteiger partial charge in [0, 0.05) is 4.88 Å². The zero-order valence-electron chi connectivity index (χ0n) is 14.3. The van der Waals surface area contributed by atoms with Crippen LogP contribution >= 0.6 is 22.9 Å². The van der Waals surface area contributed by atoms with Gasteiger partial charge in [0.2, 0.25) is 0 Å². The number of amides is 1. The number of nitrogens with zero attached hydrogens (tertiary/aromatic N) is 2. The number of rotatable bonds is 7. The lowest BCUT2D eigenvalue weighted by molar-refractivity contribution is -0.124. The first kappa shape index (κ1) is 19.1. The van der Waals surface area contributed by atoms with Crippen molar-refractivity contribution < 1.29 is 18.7 Å². The summed E-state index contributed by atoms with van der Waals surface area (Å²) in [6, 6.07) is 9.20. The minimum absolute atomic E-state index is 0.304. The quantitative estimate of drug-likeness (QED) is 0.610. The summed E-state index contributed by atoms with van der Waals surface area (Å²) in [5.74, 6) is -1.43. The van der Waals surface area contributed by atoms with E-state index >= 15 is 0 Å². The molecule has 9 heteroatoms. The van der Waals surface area contributed by atoms with Gasteiger partial charge in [0.15, 0.2) is 11.5 Å². The highest BCUT2D eigenvalue weighted by Gasteiger charge is 2.21. The van der Waals surface area contributed by atoms with E-state index in [0.29, 0.717) is 17.0 Å². The Balaban J connectivity index is 1.66. The van der Waals surface area contributed by atoms with E-state index in [1.807, 2.05) is 24.4 Å². The summed E-state index contributed by atoms with van der Waals surface area (Å²) in [6.45, 7) is 1.43. The number of carbonyl (C=O) groups excluding carboxylic acids is 2. The highest BCUT2D eigenvalue weighted by Crippen LogP contribution is 2.26. The minimum atomic E-state index is -0.619. The zero-order valence-corrected chi connectivity index (χ0v) is 16.0. The molecule has 3 rings (SSSR count). The predicted octanol–water partition coefficient (Wildman–Crippen LogP) is 3.36. The summed E-state index contributed by atoms with van der Waals surface area (Å²) in [6.07, 6.45) is 0.554. The van der Waals surface area contributed by atoms with Gasteiger partial charge in [-0.25, -0.2) is 9.18 Å². The van der Waals surface area contributed by atoms with E-state index in [1.165, 1.54) is 23.5 Å². The van der Waals surface area contributed by atoms with Crippen LogP contribution < -0.4 is 5.32 Å². The maximum atomic E-state index is 13.2. The summed E-state index contributed by atoms with van der Waals surface area (Å²) >= 11 is 2.41. The van der Waals surface area contributed by atoms with E-state index in [9.17, 15) is 14.0 Å². The fraction of sp³-hybridized carbons (Fsp3) is 0.222. The molecule has 1 aromatic carbocycles. The van der Waals surface area contributed by atoms with Crippen molar-refractivity contribution in [1.82, 2.24) is 14.9 Å². The van der Waals surface area contributed by atoms with E-state index in [-0.39, 0.29) is 5.82 Å². The minimum Gasteiger partial charge on any atom is -0.451 e. The van der Waals surface area contributed by atoms with Gasteiger partial charge >= 0.3 is 5.97 Å². The van der Waals surface area contributed by atoms with Gasteiger partial charge in [0.05, 0.1) is 11.7 Å². The molecule has 1 N–H and O–H groups in total. The molecular formula is C18H16FN3O3S2. The molecule has 0 aliphatic carbocycles. The largest absolute Gasteiger partial charge is 0.451 e. The smallest absolute Gasteiger partial charge is 0.352 e. The Morgan fingerprint density at radius 1 is 1.26 bits per heavy atom. The maximum Gasteiger partial charge on any atom is 0.352 e. The molecule has 2 heterocycles. The number of benzene rings is 1. The van der Waals surface area contributed by atoms with Crippen LogP contribution in [0.25, 0.3) is 0 Å². The molecule has 3 aromatic rings. The van der Waals surface area contributed by atoms with E-state index in [0.717, 1.165) is 22.0 Å². The zero-order chi connectivity index (χ0) is 19.2. The molecule has 0 radical (unpaired) electrons. The molecule has 1 atom stereocenters. The first-order valence-electron chi connectivity index (χ1n) is 8.15. The third kappa shape index (κ3) is 4.75. The third-order valence-corrected chi connectivity index (χ3v) is 5.43. The second-order valence-corrected chi connectivity index (χ2v) is 7.28. The van der Waals surface area contributed by atoms with Crippen molar-refractivity contribution in [3.05, 3.63) is 68.6 Å². The summed E-state index contributed by atoms with van der Waals surface area (Å²) in [4.78, 5) is 25.6. The fourth-order valence-corrected chi connectivity index (χ4v) is 3.87. The SMILES string of the molecule is CCc1nnsc1C(=O)OCC(=O)N[C@H](c1ccc(F)cc1)c1cccs1. The van der Waals surface area contributed by atoms with Crippen LogP contribution in [-0.4, -0.2) is 28.1 Å². The van der Waals surface area contributed by atoms with E-state index in [1.54, 1.807) is 12.1 Å². The predicted molar refractivity (Wildman–Crippen MR) is 100 cm³/mol. The number of nitrogens with one attached hydrogen (secondary N) is 1. The number of hydrogen-bond acceptors (Lipinski definition) is 7. The molecule has 1 amide bonds. The maximum absolute atomic E-state index is 13.2. The molecule has 6 nitrogen and oxygen atoms in total. The number of aromatic nitrogens is 2. The molecule has 0 aliphatic heterocycles. The van der Waals surface area contributed by atoms with Gasteiger partial charge in [-0.15, -0.1) is 16.4 Å². The van der Waals surface area contributed by atoms with Crippen LogP contribution in [0.4, 0.5) is 4.39 Å². The second kappa shape index (κ2) is 8.83. The van der Waals surface area contributed by atoms with Gasteiger partial charge in [0.25, 0.3) is 5.91 Å². The van der Waals surface area contributed by atoms with Crippen LogP contribution in [0.2, 0.25) is 0 Å². The van der Waals surface area contributed by atoms with Gasteiger partial charge in [-0.05, 0) is 47.1 Å². The van der Waals surface area contributed by atoms with Gasteiger partial charge in [-0.1, -0.05) is 29.6 Å². The Morgan fingerprint density at radius 2 is 2.04 bits per heavy atom. The second-order valence-electron chi connectivity index (χ2n) is 5.55. The van der Waals surface area contributed by atoms with Crippen LogP contribution in [0.1, 0.15) is 38.8 Å². The number of carbonyl (C=O) groups is 2. The van der Waals surface area contributed by atoms with Crippen molar-refractivity contribution >= 4 is 34.7 Å². The number of halogens is 1. The number of ether oxygens (including phenoxy) is 1. The first-order chi connectivity index (χ1) is 13.1. The average molecular weight is 405 g/mol. The molecular weight excluding hydrogens is 389 g/mol. The summed E-state index contributed by atoms with van der Waals surface area (Å²) < 4.78 is 22.0. The number of aryl methyl sites for hydroxylation is 1. The topological polar surface area (TPSA) is 81.2 Å². The summed E-state index contributed by atoms with van der Waals surface area (Å²) in [5, 5.41) is 8.57. The number of thiophene rings is 1. The molecule has 2 aromatic heterocycles. The van der Waals surface area contributed by atoms with Crippen molar-refractivity contribution in [2.45, 2.75) is 19.4 Å². The molecule has 0 spiro atoms. The van der Waals surface area contributed by atoms with Gasteiger partial charge in [0.1, 0.15) is 5.82 Å². The molecule has 0 aliphatic rings. The Kier molecular flexibility index (Phi) is 6.25. The first-order valence-corrected chi connectivity index (χ1v) is 9.80. The molecule has 140 valence electrons. The lowest BCUT2D eigenvalue weighted by atomic mass is 10.1. The van der Waals surface area contributed by atoms with E-state index in [2.05, 4.69) is 14.9 Å². The van der Waals surface area contributed by atoms with Crippen LogP contribution in [0, 0.1) is 5.82 Å². The van der Waals surface area contributed by atoms with Crippen molar-refractivity contribution in [2.75, 3.05) is 6.61 Å². The molecule has 27 heavy (non-hydrogen) atoms. The van der Waals surface area contributed by atoms with Crippen LogP contribution in [0.3, 0.4) is 0 Å². The average Bonchev–Trinajstić information content (AvgIpc) is 3.36. The van der Waals surface area contributed by atoms with Gasteiger partial charge in [-0.2, -0.15) is 0 Å². The van der Waals surface area contributed by atoms with Crippen LogP contribution in [-0.2, 0) is 16.0 Å². The monoisotopic (exact) mass is 405 g/mol. The molecule has 0 saturated heterocycles. The molecule has 0 saturated carbocycles. The van der Waals surface area contributed by atoms with Crippen molar-refractivity contribution in [1.29, 1.82) is 0 Å². The molecule has 0 fully saturated rings. The van der Waals surface area contributed by atoms with Crippen LogP contribution in [0.5, 0.6) is 0 Å². The van der Waals surface area contributed by atoms with Crippen molar-refractivity contribution in [3.8, 4) is 0 Å². The van der Waals surface area contributed by atoms with Gasteiger partial charge in [-0.3, -0.25) is 4.79 Å². The van der Waals surface area contributed by atoms with Crippen LogP contribution in [0.15, 0.2) is 41.8 Å². The Labute approximate surface area is 163 Å². The summed E-state index contributed by atoms with van der Waals surface area (Å²) in [5.41, 5.74) is 1.28. The van der Waals surface area contributed by atoms with Crippen molar-refractivity contribution in [2.24, 2.45) is 0 Å². The number of hydrogen-bond donors (Lipinski definition) is 1. The highest BCUT2D eigenvalue weighted by molar-refractivity contribution is 7.10. The molecule has 0 bridgehead atoms. The normalized spacial score (nSPS) is 11.8. The van der Waals surface area contributed by atoms with Gasteiger partial charge < -0.3 is 10.1 Å². The fourth-order valence-electron chi connectivity index (χ4n) is 2.42.